The highest BCUT2D eigenvalue weighted by molar-refractivity contribution is 5.09. The van der Waals surface area contributed by atoms with Crippen molar-refractivity contribution in [2.45, 2.75) is 45.6 Å². The second-order valence-electron chi connectivity index (χ2n) is 7.29. The van der Waals surface area contributed by atoms with Gasteiger partial charge in [0.25, 0.3) is 0 Å². The molecule has 2 saturated heterocycles. The number of hydrogen-bond acceptors (Lipinski definition) is 3. The molecule has 0 bridgehead atoms. The zero-order valence-electron chi connectivity index (χ0n) is 13.9. The third kappa shape index (κ3) is 3.88. The van der Waals surface area contributed by atoms with Crippen LogP contribution in [0.5, 0.6) is 0 Å². The summed E-state index contributed by atoms with van der Waals surface area (Å²) in [6.07, 6.45) is 7.62. The van der Waals surface area contributed by atoms with E-state index < -0.39 is 0 Å². The van der Waals surface area contributed by atoms with Crippen LogP contribution in [-0.2, 0) is 4.74 Å². The van der Waals surface area contributed by atoms with Crippen LogP contribution in [0.15, 0.2) is 11.6 Å². The summed E-state index contributed by atoms with van der Waals surface area (Å²) in [6.45, 7) is 13.0. The Labute approximate surface area is 130 Å². The van der Waals surface area contributed by atoms with Crippen LogP contribution in [0.4, 0.5) is 0 Å². The largest absolute Gasteiger partial charge is 0.381 e. The van der Waals surface area contributed by atoms with Crippen molar-refractivity contribution >= 4 is 0 Å². The lowest BCUT2D eigenvalue weighted by Gasteiger charge is -2.42. The SMILES string of the molecule is CC1=CCCC(C)C1CN1CCN(C2CCOCC2)CC1. The van der Waals surface area contributed by atoms with Crippen molar-refractivity contribution in [2.75, 3.05) is 45.9 Å². The minimum Gasteiger partial charge on any atom is -0.381 e. The van der Waals surface area contributed by atoms with E-state index in [9.17, 15) is 0 Å². The molecule has 0 saturated carbocycles. The van der Waals surface area contributed by atoms with Gasteiger partial charge in [0.1, 0.15) is 0 Å². The molecule has 0 aromatic rings. The van der Waals surface area contributed by atoms with Gasteiger partial charge >= 0.3 is 0 Å². The molecule has 0 aromatic heterocycles. The maximum absolute atomic E-state index is 5.49. The van der Waals surface area contributed by atoms with Crippen LogP contribution < -0.4 is 0 Å². The van der Waals surface area contributed by atoms with Gasteiger partial charge in [0.05, 0.1) is 0 Å². The van der Waals surface area contributed by atoms with Crippen molar-refractivity contribution < 1.29 is 4.74 Å². The van der Waals surface area contributed by atoms with E-state index in [-0.39, 0.29) is 0 Å². The fourth-order valence-electron chi connectivity index (χ4n) is 4.34. The van der Waals surface area contributed by atoms with E-state index >= 15 is 0 Å². The Morgan fingerprint density at radius 3 is 2.48 bits per heavy atom. The fraction of sp³-hybridized carbons (Fsp3) is 0.889. The third-order valence-electron chi connectivity index (χ3n) is 5.93. The third-order valence-corrected chi connectivity index (χ3v) is 5.93. The van der Waals surface area contributed by atoms with Gasteiger partial charge in [-0.25, -0.2) is 0 Å². The van der Waals surface area contributed by atoms with Gasteiger partial charge in [0.15, 0.2) is 0 Å². The molecule has 0 aromatic carbocycles. The summed E-state index contributed by atoms with van der Waals surface area (Å²) in [5.74, 6) is 1.66. The van der Waals surface area contributed by atoms with Crippen LogP contribution in [0.25, 0.3) is 0 Å². The lowest BCUT2D eigenvalue weighted by atomic mass is 9.79. The van der Waals surface area contributed by atoms with Gasteiger partial charge in [-0.2, -0.15) is 0 Å². The molecular formula is C18H32N2O. The zero-order chi connectivity index (χ0) is 14.7. The highest BCUT2D eigenvalue weighted by Crippen LogP contribution is 2.31. The Balaban J connectivity index is 1.47. The maximum atomic E-state index is 5.49. The smallest absolute Gasteiger partial charge is 0.0480 e. The molecule has 0 spiro atoms. The van der Waals surface area contributed by atoms with E-state index in [1.54, 1.807) is 5.57 Å². The molecule has 21 heavy (non-hydrogen) atoms. The molecular weight excluding hydrogens is 260 g/mol. The number of hydrogen-bond donors (Lipinski definition) is 0. The van der Waals surface area contributed by atoms with Crippen LogP contribution >= 0.6 is 0 Å². The summed E-state index contributed by atoms with van der Waals surface area (Å²) in [4.78, 5) is 5.42. The van der Waals surface area contributed by atoms with Crippen molar-refractivity contribution in [3.05, 3.63) is 11.6 Å². The number of nitrogens with zero attached hydrogens (tertiary/aromatic N) is 2. The van der Waals surface area contributed by atoms with E-state index in [0.29, 0.717) is 0 Å². The average Bonchev–Trinajstić information content (AvgIpc) is 2.53. The molecule has 2 atom stereocenters. The fourth-order valence-corrected chi connectivity index (χ4v) is 4.34. The minimum absolute atomic E-state index is 0.788. The van der Waals surface area contributed by atoms with Crippen molar-refractivity contribution in [1.82, 2.24) is 9.80 Å². The lowest BCUT2D eigenvalue weighted by Crippen LogP contribution is -2.52. The molecule has 120 valence electrons. The minimum atomic E-state index is 0.788. The number of rotatable bonds is 3. The lowest BCUT2D eigenvalue weighted by molar-refractivity contribution is 0.0110. The van der Waals surface area contributed by atoms with Gasteiger partial charge in [-0.3, -0.25) is 4.90 Å². The van der Waals surface area contributed by atoms with E-state index in [4.69, 9.17) is 4.74 Å². The quantitative estimate of drug-likeness (QED) is 0.744. The Hall–Kier alpha value is -0.380. The molecule has 3 nitrogen and oxygen atoms in total. The highest BCUT2D eigenvalue weighted by Gasteiger charge is 2.28. The predicted molar refractivity (Wildman–Crippen MR) is 87.5 cm³/mol. The molecule has 3 heteroatoms. The zero-order valence-corrected chi connectivity index (χ0v) is 13.9. The number of ether oxygens (including phenoxy) is 1. The van der Waals surface area contributed by atoms with Gasteiger partial charge < -0.3 is 9.64 Å². The topological polar surface area (TPSA) is 15.7 Å². The first kappa shape index (κ1) is 15.5. The van der Waals surface area contributed by atoms with E-state index in [1.165, 1.54) is 58.4 Å². The van der Waals surface area contributed by atoms with Crippen molar-refractivity contribution in [1.29, 1.82) is 0 Å². The monoisotopic (exact) mass is 292 g/mol. The first-order chi connectivity index (χ1) is 10.2. The van der Waals surface area contributed by atoms with E-state index in [1.807, 2.05) is 0 Å². The predicted octanol–water partition coefficient (Wildman–Crippen LogP) is 2.78. The summed E-state index contributed by atoms with van der Waals surface area (Å²) in [5, 5.41) is 0. The van der Waals surface area contributed by atoms with Gasteiger partial charge in [-0.15, -0.1) is 0 Å². The Kier molecular flexibility index (Phi) is 5.36. The Morgan fingerprint density at radius 1 is 1.10 bits per heavy atom. The van der Waals surface area contributed by atoms with Gasteiger partial charge in [0.2, 0.25) is 0 Å². The molecule has 2 heterocycles. The Morgan fingerprint density at radius 2 is 1.81 bits per heavy atom. The summed E-state index contributed by atoms with van der Waals surface area (Å²) in [6, 6.07) is 0.788. The summed E-state index contributed by atoms with van der Waals surface area (Å²) < 4.78 is 5.49. The average molecular weight is 292 g/mol. The van der Waals surface area contributed by atoms with Crippen molar-refractivity contribution in [3.63, 3.8) is 0 Å². The molecule has 2 aliphatic heterocycles. The van der Waals surface area contributed by atoms with E-state index in [2.05, 4.69) is 29.7 Å². The first-order valence-electron chi connectivity index (χ1n) is 8.95. The first-order valence-corrected chi connectivity index (χ1v) is 8.95. The number of piperazine rings is 1. The highest BCUT2D eigenvalue weighted by atomic mass is 16.5. The van der Waals surface area contributed by atoms with Crippen molar-refractivity contribution in [3.8, 4) is 0 Å². The number of allylic oxidation sites excluding steroid dienone is 1. The van der Waals surface area contributed by atoms with Gasteiger partial charge in [-0.1, -0.05) is 18.6 Å². The summed E-state index contributed by atoms with van der Waals surface area (Å²) in [7, 11) is 0. The van der Waals surface area contributed by atoms with Crippen LogP contribution in [0.3, 0.4) is 0 Å². The molecule has 2 unspecified atom stereocenters. The second-order valence-corrected chi connectivity index (χ2v) is 7.29. The summed E-state index contributed by atoms with van der Waals surface area (Å²) >= 11 is 0. The van der Waals surface area contributed by atoms with Crippen LogP contribution in [-0.4, -0.2) is 61.8 Å². The Bertz CT molecular complexity index is 354. The normalized spacial score (nSPS) is 33.9. The van der Waals surface area contributed by atoms with Crippen LogP contribution in [0.1, 0.15) is 39.5 Å². The standard InChI is InChI=1S/C18H32N2O/c1-15-4-3-5-16(2)18(15)14-19-8-10-20(11-9-19)17-6-12-21-13-7-17/h4,16-18H,3,5-14H2,1-2H3. The maximum Gasteiger partial charge on any atom is 0.0480 e. The van der Waals surface area contributed by atoms with Crippen LogP contribution in [0.2, 0.25) is 0 Å². The van der Waals surface area contributed by atoms with Crippen molar-refractivity contribution in [2.24, 2.45) is 11.8 Å². The van der Waals surface area contributed by atoms with Gasteiger partial charge in [-0.05, 0) is 44.4 Å². The summed E-state index contributed by atoms with van der Waals surface area (Å²) in [5.41, 5.74) is 1.64. The molecule has 3 rings (SSSR count). The van der Waals surface area contributed by atoms with Gasteiger partial charge in [0, 0.05) is 52.0 Å². The van der Waals surface area contributed by atoms with Crippen LogP contribution in [0, 0.1) is 11.8 Å². The molecule has 0 radical (unpaired) electrons. The molecule has 3 aliphatic rings. The molecule has 1 aliphatic carbocycles. The second kappa shape index (κ2) is 7.26. The molecule has 0 amide bonds. The molecule has 2 fully saturated rings. The molecule has 0 N–H and O–H groups in total. The van der Waals surface area contributed by atoms with E-state index in [0.717, 1.165) is 31.1 Å².